The van der Waals surface area contributed by atoms with Gasteiger partial charge in [-0.1, -0.05) is 45.2 Å². The average molecular weight is 255 g/mol. The molecule has 0 unspecified atom stereocenters. The molecule has 1 heterocycles. The van der Waals surface area contributed by atoms with E-state index in [1.165, 1.54) is 0 Å². The molecule has 4 heteroatoms. The molecule has 11 heavy (non-hydrogen) atoms. The molecular weight excluding hydrogens is 249 g/mol. The minimum atomic E-state index is 0.208. The fourth-order valence-corrected chi connectivity index (χ4v) is 1.73. The Morgan fingerprint density at radius 2 is 2.09 bits per heavy atom. The number of hydrogen-bond donors (Lipinski definition) is 0. The smallest absolute Gasteiger partial charge is 0.135 e. The predicted octanol–water partition coefficient (Wildman–Crippen LogP) is 3.84. The molecule has 0 aliphatic heterocycles. The molecule has 1 atom stereocenters. The third kappa shape index (κ3) is 2.32. The van der Waals surface area contributed by atoms with Gasteiger partial charge in [-0.3, -0.25) is 0 Å². The summed E-state index contributed by atoms with van der Waals surface area (Å²) < 4.78 is 0. The summed E-state index contributed by atoms with van der Waals surface area (Å²) in [5.41, 5.74) is 0.955. The first-order valence-corrected chi connectivity index (χ1v) is 4.74. The first-order chi connectivity index (χ1) is 5.11. The number of hydrogen-bond acceptors (Lipinski definition) is 1. The lowest BCUT2D eigenvalue weighted by Gasteiger charge is -2.04. The second-order valence-electron chi connectivity index (χ2n) is 2.13. The lowest BCUT2D eigenvalue weighted by Crippen LogP contribution is -1.88. The lowest BCUT2D eigenvalue weighted by molar-refractivity contribution is 1.09. The van der Waals surface area contributed by atoms with Crippen LogP contribution in [0.1, 0.15) is 17.3 Å². The Hall–Kier alpha value is 0.210. The standard InChI is InChI=1S/C7H6BrCl2N/c1-4(8)5-2-3-6(9)11-7(5)10/h2-4H,1H3/t4-/m1/s1. The van der Waals surface area contributed by atoms with Crippen molar-refractivity contribution in [2.45, 2.75) is 11.8 Å². The van der Waals surface area contributed by atoms with E-state index in [1.807, 2.05) is 13.0 Å². The van der Waals surface area contributed by atoms with Crippen LogP contribution in [0.2, 0.25) is 10.3 Å². The van der Waals surface area contributed by atoms with Crippen LogP contribution in [0.4, 0.5) is 0 Å². The number of pyridine rings is 1. The van der Waals surface area contributed by atoms with Crippen molar-refractivity contribution in [2.75, 3.05) is 0 Å². The van der Waals surface area contributed by atoms with E-state index in [4.69, 9.17) is 23.2 Å². The number of rotatable bonds is 1. The van der Waals surface area contributed by atoms with Crippen LogP contribution in [-0.2, 0) is 0 Å². The third-order valence-corrected chi connectivity index (χ3v) is 2.28. The fraction of sp³-hybridized carbons (Fsp3) is 0.286. The maximum absolute atomic E-state index is 5.80. The van der Waals surface area contributed by atoms with E-state index in [9.17, 15) is 0 Å². The predicted molar refractivity (Wildman–Crippen MR) is 51.6 cm³/mol. The Kier molecular flexibility index (Phi) is 3.16. The molecule has 0 radical (unpaired) electrons. The highest BCUT2D eigenvalue weighted by atomic mass is 79.9. The van der Waals surface area contributed by atoms with Crippen LogP contribution in [0.5, 0.6) is 0 Å². The molecule has 0 aliphatic carbocycles. The Bertz CT molecular complexity index is 263. The molecule has 0 aliphatic rings. The molecule has 0 spiro atoms. The van der Waals surface area contributed by atoms with Crippen molar-refractivity contribution in [3.05, 3.63) is 28.0 Å². The Morgan fingerprint density at radius 3 is 2.55 bits per heavy atom. The van der Waals surface area contributed by atoms with Gasteiger partial charge in [0.25, 0.3) is 0 Å². The summed E-state index contributed by atoms with van der Waals surface area (Å²) in [5, 5.41) is 0.883. The number of alkyl halides is 1. The van der Waals surface area contributed by atoms with Crippen LogP contribution in [0.3, 0.4) is 0 Å². The first kappa shape index (κ1) is 9.30. The molecular formula is C7H6BrCl2N. The molecule has 1 aromatic rings. The number of nitrogens with zero attached hydrogens (tertiary/aromatic N) is 1. The minimum Gasteiger partial charge on any atom is -0.224 e. The molecule has 0 saturated carbocycles. The molecule has 0 saturated heterocycles. The summed E-state index contributed by atoms with van der Waals surface area (Å²) in [6.07, 6.45) is 0. The molecule has 0 fully saturated rings. The van der Waals surface area contributed by atoms with Crippen LogP contribution in [0.15, 0.2) is 12.1 Å². The summed E-state index contributed by atoms with van der Waals surface area (Å²) in [4.78, 5) is 4.10. The molecule has 60 valence electrons. The largest absolute Gasteiger partial charge is 0.224 e. The van der Waals surface area contributed by atoms with Crippen molar-refractivity contribution in [2.24, 2.45) is 0 Å². The van der Waals surface area contributed by atoms with Gasteiger partial charge in [-0.2, -0.15) is 0 Å². The maximum atomic E-state index is 5.80. The van der Waals surface area contributed by atoms with Crippen LogP contribution in [0, 0.1) is 0 Å². The summed E-state index contributed by atoms with van der Waals surface area (Å²) in [6.45, 7) is 1.98. The van der Waals surface area contributed by atoms with Gasteiger partial charge in [0.15, 0.2) is 0 Å². The Morgan fingerprint density at radius 1 is 1.45 bits per heavy atom. The van der Waals surface area contributed by atoms with E-state index in [1.54, 1.807) is 6.07 Å². The van der Waals surface area contributed by atoms with E-state index >= 15 is 0 Å². The van der Waals surface area contributed by atoms with Crippen LogP contribution >= 0.6 is 39.1 Å². The zero-order valence-electron chi connectivity index (χ0n) is 5.81. The summed E-state index contributed by atoms with van der Waals surface area (Å²) >= 11 is 14.8. The van der Waals surface area contributed by atoms with E-state index < -0.39 is 0 Å². The third-order valence-electron chi connectivity index (χ3n) is 1.27. The van der Waals surface area contributed by atoms with Crippen molar-refractivity contribution in [1.29, 1.82) is 0 Å². The van der Waals surface area contributed by atoms with E-state index in [0.29, 0.717) is 10.3 Å². The molecule has 0 N–H and O–H groups in total. The van der Waals surface area contributed by atoms with Gasteiger partial charge >= 0.3 is 0 Å². The molecule has 1 nitrogen and oxygen atoms in total. The topological polar surface area (TPSA) is 12.9 Å². The van der Waals surface area contributed by atoms with Gasteiger partial charge in [-0.15, -0.1) is 0 Å². The van der Waals surface area contributed by atoms with Gasteiger partial charge in [0.2, 0.25) is 0 Å². The van der Waals surface area contributed by atoms with Crippen molar-refractivity contribution in [3.63, 3.8) is 0 Å². The van der Waals surface area contributed by atoms with Gasteiger partial charge in [0, 0.05) is 10.4 Å². The second-order valence-corrected chi connectivity index (χ2v) is 4.25. The highest BCUT2D eigenvalue weighted by molar-refractivity contribution is 9.09. The summed E-state index contributed by atoms with van der Waals surface area (Å²) in [5.74, 6) is 0. The molecule has 1 rings (SSSR count). The number of halogens is 3. The van der Waals surface area contributed by atoms with Crippen LogP contribution in [-0.4, -0.2) is 4.98 Å². The zero-order chi connectivity index (χ0) is 8.43. The normalized spacial score (nSPS) is 13.1. The van der Waals surface area contributed by atoms with Crippen molar-refractivity contribution < 1.29 is 0 Å². The quantitative estimate of drug-likeness (QED) is 0.548. The first-order valence-electron chi connectivity index (χ1n) is 3.07. The molecule has 1 aromatic heterocycles. The highest BCUT2D eigenvalue weighted by Crippen LogP contribution is 2.28. The van der Waals surface area contributed by atoms with Gasteiger partial charge in [-0.25, -0.2) is 4.98 Å². The fourth-order valence-electron chi connectivity index (χ4n) is 0.720. The number of aromatic nitrogens is 1. The molecule has 0 amide bonds. The summed E-state index contributed by atoms with van der Waals surface area (Å²) in [7, 11) is 0. The van der Waals surface area contributed by atoms with Gasteiger partial charge in [0.05, 0.1) is 0 Å². The van der Waals surface area contributed by atoms with Crippen molar-refractivity contribution in [3.8, 4) is 0 Å². The minimum absolute atomic E-state index is 0.208. The van der Waals surface area contributed by atoms with E-state index in [2.05, 4.69) is 20.9 Å². The second kappa shape index (κ2) is 3.74. The highest BCUT2D eigenvalue weighted by Gasteiger charge is 2.06. The van der Waals surface area contributed by atoms with Crippen LogP contribution in [0.25, 0.3) is 0 Å². The molecule has 0 bridgehead atoms. The average Bonchev–Trinajstić information content (AvgIpc) is 1.85. The summed E-state index contributed by atoms with van der Waals surface area (Å²) in [6, 6.07) is 3.58. The van der Waals surface area contributed by atoms with E-state index in [0.717, 1.165) is 5.56 Å². The molecule has 0 aromatic carbocycles. The Labute approximate surface area is 83.9 Å². The van der Waals surface area contributed by atoms with Gasteiger partial charge in [0.1, 0.15) is 10.3 Å². The lowest BCUT2D eigenvalue weighted by atomic mass is 10.2. The van der Waals surface area contributed by atoms with E-state index in [-0.39, 0.29) is 4.83 Å². The Balaban J connectivity index is 3.09. The zero-order valence-corrected chi connectivity index (χ0v) is 8.91. The van der Waals surface area contributed by atoms with Gasteiger partial charge in [-0.05, 0) is 13.0 Å². The SMILES string of the molecule is C[C@@H](Br)c1ccc(Cl)nc1Cl. The van der Waals surface area contributed by atoms with Crippen LogP contribution < -0.4 is 0 Å². The van der Waals surface area contributed by atoms with Crippen molar-refractivity contribution >= 4 is 39.1 Å². The van der Waals surface area contributed by atoms with Gasteiger partial charge < -0.3 is 0 Å². The monoisotopic (exact) mass is 253 g/mol. The van der Waals surface area contributed by atoms with Crippen molar-refractivity contribution in [1.82, 2.24) is 4.98 Å². The maximum Gasteiger partial charge on any atom is 0.135 e.